The van der Waals surface area contributed by atoms with E-state index in [0.29, 0.717) is 4.77 Å². The molecule has 0 aromatic carbocycles. The molecule has 1 aliphatic rings. The average Bonchev–Trinajstić information content (AvgIpc) is 2.31. The number of imidazole rings is 1. The van der Waals surface area contributed by atoms with Crippen molar-refractivity contribution >= 4 is 24.5 Å². The smallest absolute Gasteiger partial charge is 0.175 e. The van der Waals surface area contributed by atoms with Crippen LogP contribution < -0.4 is 0 Å². The van der Waals surface area contributed by atoms with E-state index in [4.69, 9.17) is 12.2 Å². The normalized spacial score (nSPS) is 20.6. The molecular weight excluding hydrogens is 170 g/mol. The van der Waals surface area contributed by atoms with Crippen LogP contribution in [0.15, 0.2) is 11.1 Å². The lowest BCUT2D eigenvalue weighted by Crippen LogP contribution is -1.90. The number of nitrogens with zero attached hydrogens (tertiary/aromatic N) is 1. The summed E-state index contributed by atoms with van der Waals surface area (Å²) < 4.78 is 0.644. The van der Waals surface area contributed by atoms with Crippen molar-refractivity contribution in [1.29, 1.82) is 0 Å². The Labute approximate surface area is 75.2 Å². The Morgan fingerprint density at radius 1 is 1.42 bits per heavy atom. The van der Waals surface area contributed by atoms with Gasteiger partial charge in [-0.3, -0.25) is 4.99 Å². The van der Waals surface area contributed by atoms with Crippen molar-refractivity contribution < 1.29 is 0 Å². The number of aliphatic imine (C=N–C) groups is 1. The molecule has 3 nitrogen and oxygen atoms in total. The van der Waals surface area contributed by atoms with E-state index < -0.39 is 0 Å². The topological polar surface area (TPSA) is 43.9 Å². The zero-order valence-electron chi connectivity index (χ0n) is 6.66. The Bertz CT molecular complexity index is 362. The van der Waals surface area contributed by atoms with Gasteiger partial charge in [0.2, 0.25) is 0 Å². The number of rotatable bonds is 0. The Morgan fingerprint density at radius 2 is 2.17 bits per heavy atom. The molecule has 1 aliphatic heterocycles. The Hall–Kier alpha value is -1.16. The highest BCUT2D eigenvalue weighted by molar-refractivity contribution is 7.71. The summed E-state index contributed by atoms with van der Waals surface area (Å²) in [6.07, 6.45) is 5.84. The van der Waals surface area contributed by atoms with Gasteiger partial charge in [-0.05, 0) is 25.2 Å². The fourth-order valence-electron chi connectivity index (χ4n) is 1.12. The van der Waals surface area contributed by atoms with Crippen LogP contribution in [0.4, 0.5) is 0 Å². The van der Waals surface area contributed by atoms with Gasteiger partial charge in [0.15, 0.2) is 4.77 Å². The molecule has 0 aliphatic carbocycles. The van der Waals surface area contributed by atoms with Crippen LogP contribution in [0.3, 0.4) is 0 Å². The molecule has 0 saturated carbocycles. The Kier molecular flexibility index (Phi) is 1.69. The van der Waals surface area contributed by atoms with Crippen molar-refractivity contribution in [3.05, 3.63) is 22.2 Å². The molecule has 62 valence electrons. The van der Waals surface area contributed by atoms with Crippen LogP contribution in [-0.2, 0) is 0 Å². The molecule has 0 fully saturated rings. The van der Waals surface area contributed by atoms with Crippen LogP contribution in [0.1, 0.15) is 18.3 Å². The SMILES string of the molecule is CC1C=Cc2[nH]c(=S)[nH]c2C=N1. The van der Waals surface area contributed by atoms with Gasteiger partial charge in [-0.1, -0.05) is 6.08 Å². The molecule has 1 unspecified atom stereocenters. The molecule has 2 heterocycles. The van der Waals surface area contributed by atoms with Crippen molar-refractivity contribution in [2.75, 3.05) is 0 Å². The number of hydrogen-bond acceptors (Lipinski definition) is 2. The molecule has 1 aromatic heterocycles. The van der Waals surface area contributed by atoms with Gasteiger partial charge < -0.3 is 9.97 Å². The maximum Gasteiger partial charge on any atom is 0.175 e. The minimum absolute atomic E-state index is 0.243. The molecule has 12 heavy (non-hydrogen) atoms. The first-order chi connectivity index (χ1) is 5.75. The maximum absolute atomic E-state index is 4.95. The van der Waals surface area contributed by atoms with Crippen LogP contribution in [0, 0.1) is 4.77 Å². The molecule has 2 N–H and O–H groups in total. The van der Waals surface area contributed by atoms with Gasteiger partial charge in [-0.15, -0.1) is 0 Å². The second-order valence-electron chi connectivity index (χ2n) is 2.78. The number of nitrogens with one attached hydrogen (secondary N) is 2. The molecule has 1 aromatic rings. The summed E-state index contributed by atoms with van der Waals surface area (Å²) in [6, 6.07) is 0.243. The molecule has 0 amide bonds. The summed E-state index contributed by atoms with van der Waals surface area (Å²) in [7, 11) is 0. The van der Waals surface area contributed by atoms with E-state index in [-0.39, 0.29) is 6.04 Å². The van der Waals surface area contributed by atoms with E-state index >= 15 is 0 Å². The highest BCUT2D eigenvalue weighted by atomic mass is 32.1. The van der Waals surface area contributed by atoms with Crippen LogP contribution in [0.25, 0.3) is 6.08 Å². The second kappa shape index (κ2) is 2.71. The number of aromatic amines is 2. The van der Waals surface area contributed by atoms with Gasteiger partial charge in [0, 0.05) is 6.21 Å². The van der Waals surface area contributed by atoms with E-state index in [1.807, 2.05) is 25.3 Å². The van der Waals surface area contributed by atoms with Crippen molar-refractivity contribution in [2.24, 2.45) is 4.99 Å². The van der Waals surface area contributed by atoms with Gasteiger partial charge >= 0.3 is 0 Å². The standard InChI is InChI=1S/C8H9N3S/c1-5-2-3-6-7(4-9-5)11-8(12)10-6/h2-5H,1H3,(H2,10,11,12). The molecule has 0 spiro atoms. The van der Waals surface area contributed by atoms with Crippen molar-refractivity contribution in [3.63, 3.8) is 0 Å². The van der Waals surface area contributed by atoms with Crippen LogP contribution >= 0.6 is 12.2 Å². The number of fused-ring (bicyclic) bond motifs is 1. The Balaban J connectivity index is 2.56. The third-order valence-corrected chi connectivity index (χ3v) is 1.97. The first-order valence-electron chi connectivity index (χ1n) is 3.79. The summed E-state index contributed by atoms with van der Waals surface area (Å²) in [5, 5.41) is 0. The van der Waals surface area contributed by atoms with E-state index in [0.717, 1.165) is 11.4 Å². The quantitative estimate of drug-likeness (QED) is 0.587. The minimum atomic E-state index is 0.243. The minimum Gasteiger partial charge on any atom is -0.331 e. The number of aromatic nitrogens is 2. The average molecular weight is 179 g/mol. The highest BCUT2D eigenvalue weighted by Gasteiger charge is 2.03. The molecule has 0 radical (unpaired) electrons. The second-order valence-corrected chi connectivity index (χ2v) is 3.19. The summed E-state index contributed by atoms with van der Waals surface area (Å²) in [4.78, 5) is 10.3. The van der Waals surface area contributed by atoms with Crippen LogP contribution in [-0.4, -0.2) is 22.2 Å². The third-order valence-electron chi connectivity index (χ3n) is 1.77. The number of H-pyrrole nitrogens is 2. The van der Waals surface area contributed by atoms with E-state index in [1.165, 1.54) is 0 Å². The summed E-state index contributed by atoms with van der Waals surface area (Å²) in [5.74, 6) is 0. The molecule has 1 atom stereocenters. The summed E-state index contributed by atoms with van der Waals surface area (Å²) in [6.45, 7) is 2.04. The van der Waals surface area contributed by atoms with E-state index in [9.17, 15) is 0 Å². The third kappa shape index (κ3) is 1.25. The summed E-state index contributed by atoms with van der Waals surface area (Å²) in [5.41, 5.74) is 1.97. The molecule has 4 heteroatoms. The monoisotopic (exact) mass is 179 g/mol. The first-order valence-corrected chi connectivity index (χ1v) is 4.20. The molecule has 0 bridgehead atoms. The van der Waals surface area contributed by atoms with Crippen LogP contribution in [0.2, 0.25) is 0 Å². The molecular formula is C8H9N3S. The zero-order valence-corrected chi connectivity index (χ0v) is 7.48. The van der Waals surface area contributed by atoms with Gasteiger partial charge in [-0.2, -0.15) is 0 Å². The lowest BCUT2D eigenvalue weighted by molar-refractivity contribution is 0.938. The van der Waals surface area contributed by atoms with Crippen LogP contribution in [0.5, 0.6) is 0 Å². The van der Waals surface area contributed by atoms with Gasteiger partial charge in [0.1, 0.15) is 0 Å². The van der Waals surface area contributed by atoms with Crippen molar-refractivity contribution in [1.82, 2.24) is 9.97 Å². The Morgan fingerprint density at radius 3 is 3.00 bits per heavy atom. The largest absolute Gasteiger partial charge is 0.331 e. The number of hydrogen-bond donors (Lipinski definition) is 2. The summed E-state index contributed by atoms with van der Waals surface area (Å²) >= 11 is 4.95. The van der Waals surface area contributed by atoms with Crippen molar-refractivity contribution in [2.45, 2.75) is 13.0 Å². The lowest BCUT2D eigenvalue weighted by atomic mass is 10.3. The van der Waals surface area contributed by atoms with Gasteiger partial charge in [0.25, 0.3) is 0 Å². The van der Waals surface area contributed by atoms with Gasteiger partial charge in [-0.25, -0.2) is 0 Å². The predicted molar refractivity (Wildman–Crippen MR) is 52.1 cm³/mol. The van der Waals surface area contributed by atoms with E-state index in [2.05, 4.69) is 15.0 Å². The van der Waals surface area contributed by atoms with Gasteiger partial charge in [0.05, 0.1) is 17.4 Å². The zero-order chi connectivity index (χ0) is 8.55. The molecule has 2 rings (SSSR count). The highest BCUT2D eigenvalue weighted by Crippen LogP contribution is 2.09. The fourth-order valence-corrected chi connectivity index (χ4v) is 1.34. The fraction of sp³-hybridized carbons (Fsp3) is 0.250. The molecule has 0 saturated heterocycles. The maximum atomic E-state index is 4.95. The predicted octanol–water partition coefficient (Wildman–Crippen LogP) is 1.91. The van der Waals surface area contributed by atoms with E-state index in [1.54, 1.807) is 0 Å². The lowest BCUT2D eigenvalue weighted by Gasteiger charge is -1.91. The van der Waals surface area contributed by atoms with Crippen molar-refractivity contribution in [3.8, 4) is 0 Å². The first kappa shape index (κ1) is 7.49.